The fraction of sp³-hybridized carbons (Fsp3) is 0.548. The highest BCUT2D eigenvalue weighted by Crippen LogP contribution is 2.67. The summed E-state index contributed by atoms with van der Waals surface area (Å²) in [6.07, 6.45) is 0.214. The molecule has 0 radical (unpaired) electrons. The van der Waals surface area contributed by atoms with Gasteiger partial charge in [0.15, 0.2) is 0 Å². The van der Waals surface area contributed by atoms with Crippen LogP contribution in [-0.2, 0) is 18.8 Å². The highest BCUT2D eigenvalue weighted by Gasteiger charge is 2.69. The quantitative estimate of drug-likeness (QED) is 0.390. The Morgan fingerprint density at radius 1 is 0.889 bits per heavy atom. The zero-order chi connectivity index (χ0) is 26.5. The molecule has 2 saturated carbocycles. The van der Waals surface area contributed by atoms with Crippen LogP contribution in [0.3, 0.4) is 0 Å². The van der Waals surface area contributed by atoms with Gasteiger partial charge in [0.25, 0.3) is 8.32 Å². The second-order valence-corrected chi connectivity index (χ2v) is 17.6. The van der Waals surface area contributed by atoms with Gasteiger partial charge in [0.2, 0.25) is 0 Å². The monoisotopic (exact) mass is 506 g/mol. The highest BCUT2D eigenvalue weighted by molar-refractivity contribution is 6.99. The normalized spacial score (nSPS) is 25.7. The lowest BCUT2D eigenvalue weighted by atomic mass is 9.86. The van der Waals surface area contributed by atoms with Crippen LogP contribution in [0.25, 0.3) is 0 Å². The lowest BCUT2D eigenvalue weighted by Gasteiger charge is -2.46. The number of hydrogen-bond donors (Lipinski definition) is 0. The molecule has 0 spiro atoms. The summed E-state index contributed by atoms with van der Waals surface area (Å²) in [4.78, 5) is 26.0. The molecule has 0 amide bonds. The molecular weight excluding hydrogens is 464 g/mol. The van der Waals surface area contributed by atoms with Crippen molar-refractivity contribution in [3.05, 3.63) is 60.7 Å². The number of fused-ring (bicyclic) bond motifs is 1. The van der Waals surface area contributed by atoms with E-state index >= 15 is 0 Å². The Bertz CT molecular complexity index is 1060. The van der Waals surface area contributed by atoms with E-state index in [4.69, 9.17) is 9.16 Å². The van der Waals surface area contributed by atoms with Gasteiger partial charge in [-0.1, -0.05) is 95.3 Å². The maximum absolute atomic E-state index is 13.5. The molecular formula is C31H42O4Si. The number of carbonyl (C=O) groups excluding carboxylic acids is 2. The molecule has 2 aromatic rings. The third-order valence-corrected chi connectivity index (χ3v) is 13.5. The average Bonchev–Trinajstić information content (AvgIpc) is 3.38. The topological polar surface area (TPSA) is 52.6 Å². The number of benzene rings is 2. The first-order chi connectivity index (χ1) is 16.7. The number of rotatable bonds is 6. The second-order valence-electron chi connectivity index (χ2n) is 13.3. The Morgan fingerprint density at radius 2 is 1.39 bits per heavy atom. The lowest BCUT2D eigenvalue weighted by molar-refractivity contribution is -0.156. The number of ether oxygens (including phenoxy) is 1. The number of ketones is 1. The molecule has 2 aliphatic carbocycles. The molecule has 4 nitrogen and oxygen atoms in total. The number of carbonyl (C=O) groups is 2. The molecule has 4 rings (SSSR count). The molecule has 0 heterocycles. The molecule has 0 aromatic heterocycles. The predicted octanol–water partition coefficient (Wildman–Crippen LogP) is 5.38. The van der Waals surface area contributed by atoms with Crippen molar-refractivity contribution in [3.8, 4) is 0 Å². The van der Waals surface area contributed by atoms with Crippen LogP contribution in [0.1, 0.15) is 61.8 Å². The van der Waals surface area contributed by atoms with Crippen LogP contribution in [0.15, 0.2) is 60.7 Å². The molecule has 4 atom stereocenters. The minimum Gasteiger partial charge on any atom is -0.465 e. The largest absolute Gasteiger partial charge is 0.465 e. The molecule has 0 N–H and O–H groups in total. The first-order valence-corrected chi connectivity index (χ1v) is 15.1. The summed E-state index contributed by atoms with van der Waals surface area (Å²) in [6.45, 7) is 17.0. The van der Waals surface area contributed by atoms with Gasteiger partial charge >= 0.3 is 5.97 Å². The summed E-state index contributed by atoms with van der Waals surface area (Å²) in [5, 5.41) is 2.31. The van der Waals surface area contributed by atoms with E-state index in [2.05, 4.69) is 83.1 Å². The molecule has 2 aromatic carbocycles. The highest BCUT2D eigenvalue weighted by atomic mass is 28.4. The fourth-order valence-electron chi connectivity index (χ4n) is 6.49. The van der Waals surface area contributed by atoms with E-state index in [1.165, 1.54) is 10.4 Å². The van der Waals surface area contributed by atoms with E-state index < -0.39 is 13.7 Å². The van der Waals surface area contributed by atoms with Crippen molar-refractivity contribution < 1.29 is 18.8 Å². The SMILES string of the molecule is CC(C)(C)C(=O)OC[C@@H]1C(=O)C[C@H](O[Si](c2ccccc2)(c2ccccc2)C(C)(C)C)[C@@H]2[C@H]1C2(C)C. The Balaban J connectivity index is 1.69. The summed E-state index contributed by atoms with van der Waals surface area (Å²) >= 11 is 0. The minimum atomic E-state index is -2.76. The van der Waals surface area contributed by atoms with Crippen molar-refractivity contribution >= 4 is 30.4 Å². The Labute approximate surface area is 217 Å². The molecule has 36 heavy (non-hydrogen) atoms. The van der Waals surface area contributed by atoms with Gasteiger partial charge in [-0.3, -0.25) is 9.59 Å². The van der Waals surface area contributed by atoms with Crippen LogP contribution in [-0.4, -0.2) is 32.8 Å². The van der Waals surface area contributed by atoms with Crippen LogP contribution >= 0.6 is 0 Å². The summed E-state index contributed by atoms with van der Waals surface area (Å²) in [5.41, 5.74) is -0.619. The minimum absolute atomic E-state index is 0.0406. The third-order valence-electron chi connectivity index (χ3n) is 8.40. The predicted molar refractivity (Wildman–Crippen MR) is 147 cm³/mol. The van der Waals surface area contributed by atoms with Crippen molar-refractivity contribution in [2.75, 3.05) is 6.61 Å². The number of hydrogen-bond acceptors (Lipinski definition) is 4. The number of Topliss-reactive ketones (excluding diaryl/α,β-unsaturated/α-hetero) is 1. The molecule has 2 aliphatic rings. The maximum atomic E-state index is 13.5. The van der Waals surface area contributed by atoms with Crippen molar-refractivity contribution in [1.82, 2.24) is 0 Å². The van der Waals surface area contributed by atoms with Crippen molar-refractivity contribution in [2.24, 2.45) is 28.6 Å². The van der Waals surface area contributed by atoms with Crippen LogP contribution in [0.5, 0.6) is 0 Å². The summed E-state index contributed by atoms with van der Waals surface area (Å²) in [5.74, 6) is 0.0719. The van der Waals surface area contributed by atoms with Gasteiger partial charge in [0.1, 0.15) is 12.4 Å². The van der Waals surface area contributed by atoms with Gasteiger partial charge in [-0.05, 0) is 53.4 Å². The van der Waals surface area contributed by atoms with Crippen LogP contribution in [0.4, 0.5) is 0 Å². The van der Waals surface area contributed by atoms with Gasteiger partial charge in [-0.15, -0.1) is 0 Å². The molecule has 0 bridgehead atoms. The first kappa shape index (κ1) is 26.8. The van der Waals surface area contributed by atoms with Gasteiger partial charge < -0.3 is 9.16 Å². The van der Waals surface area contributed by atoms with Crippen molar-refractivity contribution in [1.29, 1.82) is 0 Å². The summed E-state index contributed by atoms with van der Waals surface area (Å²) in [6, 6.07) is 21.2. The Hall–Kier alpha value is -2.24. The first-order valence-electron chi connectivity index (χ1n) is 13.2. The second kappa shape index (κ2) is 9.25. The molecule has 0 unspecified atom stereocenters. The van der Waals surface area contributed by atoms with E-state index in [9.17, 15) is 9.59 Å². The smallest absolute Gasteiger partial charge is 0.311 e. The lowest BCUT2D eigenvalue weighted by Crippen LogP contribution is -2.68. The molecule has 194 valence electrons. The van der Waals surface area contributed by atoms with E-state index in [-0.39, 0.29) is 52.7 Å². The molecule has 0 aliphatic heterocycles. The van der Waals surface area contributed by atoms with Crippen molar-refractivity contribution in [2.45, 2.75) is 73.0 Å². The van der Waals surface area contributed by atoms with Crippen LogP contribution in [0.2, 0.25) is 5.04 Å². The molecule has 0 saturated heterocycles. The third kappa shape index (κ3) is 4.61. The Kier molecular flexibility index (Phi) is 6.89. The van der Waals surface area contributed by atoms with E-state index in [1.807, 2.05) is 32.9 Å². The number of esters is 1. The molecule has 5 heteroatoms. The fourth-order valence-corrected chi connectivity index (χ4v) is 11.2. The van der Waals surface area contributed by atoms with Gasteiger partial charge in [-0.25, -0.2) is 0 Å². The maximum Gasteiger partial charge on any atom is 0.311 e. The van der Waals surface area contributed by atoms with E-state index in [0.29, 0.717) is 6.42 Å². The van der Waals surface area contributed by atoms with Gasteiger partial charge in [0.05, 0.1) is 17.4 Å². The van der Waals surface area contributed by atoms with Crippen molar-refractivity contribution in [3.63, 3.8) is 0 Å². The summed E-state index contributed by atoms with van der Waals surface area (Å²) < 4.78 is 13.1. The van der Waals surface area contributed by atoms with Gasteiger partial charge in [-0.2, -0.15) is 0 Å². The van der Waals surface area contributed by atoms with E-state index in [0.717, 1.165) is 0 Å². The zero-order valence-electron chi connectivity index (χ0n) is 23.1. The van der Waals surface area contributed by atoms with Crippen LogP contribution in [0, 0.1) is 28.6 Å². The molecule has 2 fully saturated rings. The van der Waals surface area contributed by atoms with Crippen LogP contribution < -0.4 is 10.4 Å². The average molecular weight is 507 g/mol. The van der Waals surface area contributed by atoms with Gasteiger partial charge in [0, 0.05) is 6.42 Å². The summed E-state index contributed by atoms with van der Waals surface area (Å²) in [7, 11) is -2.76. The van der Waals surface area contributed by atoms with E-state index in [1.54, 1.807) is 0 Å². The Morgan fingerprint density at radius 3 is 1.83 bits per heavy atom. The zero-order valence-corrected chi connectivity index (χ0v) is 24.1. The standard InChI is InChI=1S/C31H42O4Si/c1-29(2,3)28(33)34-20-23-24(32)19-25(27-26(23)31(27,7)8)35-36(30(4,5)6,21-15-11-9-12-16-21)22-17-13-10-14-18-22/h9-18,23,25-27H,19-20H2,1-8H3/t23-,25+,26+,27-/m1/s1.